The van der Waals surface area contributed by atoms with Crippen LogP contribution in [0.4, 0.5) is 79.6 Å². The van der Waals surface area contributed by atoms with Crippen molar-refractivity contribution >= 4 is 98.1 Å². The Bertz CT molecular complexity index is 3680. The minimum absolute atomic E-state index is 0.349. The molecule has 8 heteroatoms. The molecule has 0 spiro atoms. The molecule has 0 saturated carbocycles. The normalized spacial score (nSPS) is 12.7. The minimum Gasteiger partial charge on any atom is -0.310 e. The number of para-hydroxylation sites is 4. The summed E-state index contributed by atoms with van der Waals surface area (Å²) in [4.78, 5) is 26.7. The SMILES string of the molecule is C=NC(=NC(=NCc1ccccc1)c1ccccc1)N1c2cccc(c2)N(c2ccccc2)c2cccc(c2)N(c2ccccc2)c2cccc(c2)N(c2ccccc2)c2cccc(c2)N(c2ccccc2)c2cccc1c2. The van der Waals surface area contributed by atoms with Crippen LogP contribution in [0, 0.1) is 0 Å². The van der Waals surface area contributed by atoms with Crippen molar-refractivity contribution in [1.82, 2.24) is 0 Å². The fraction of sp³-hybridized carbons (Fsp3) is 0.0143. The van der Waals surface area contributed by atoms with E-state index in [0.29, 0.717) is 18.3 Å². The van der Waals surface area contributed by atoms with Gasteiger partial charge in [0.15, 0.2) is 5.84 Å². The van der Waals surface area contributed by atoms with Crippen molar-refractivity contribution in [3.63, 3.8) is 0 Å². The molecule has 0 unspecified atom stereocenters. The number of amidine groups is 1. The molecule has 12 rings (SSSR count). The number of anilines is 14. The number of rotatable bonds is 7. The van der Waals surface area contributed by atoms with Crippen LogP contribution in [0.5, 0.6) is 0 Å². The molecular formula is C70H54N8. The lowest BCUT2D eigenvalue weighted by Crippen LogP contribution is -2.26. The molecule has 0 amide bonds. The van der Waals surface area contributed by atoms with Crippen molar-refractivity contribution < 1.29 is 0 Å². The van der Waals surface area contributed by atoms with Crippen molar-refractivity contribution in [3.05, 3.63) is 314 Å². The van der Waals surface area contributed by atoms with Gasteiger partial charge in [0.05, 0.1) is 17.9 Å². The second-order valence-corrected chi connectivity index (χ2v) is 18.7. The molecule has 1 aliphatic heterocycles. The zero-order valence-corrected chi connectivity index (χ0v) is 42.9. The van der Waals surface area contributed by atoms with Crippen LogP contribution in [0.3, 0.4) is 0 Å². The molecule has 374 valence electrons. The van der Waals surface area contributed by atoms with E-state index in [2.05, 4.69) is 286 Å². The van der Waals surface area contributed by atoms with Crippen LogP contribution in [-0.4, -0.2) is 18.5 Å². The van der Waals surface area contributed by atoms with E-state index in [1.165, 1.54) is 0 Å². The van der Waals surface area contributed by atoms with Gasteiger partial charge in [-0.2, -0.15) is 4.99 Å². The molecule has 0 atom stereocenters. The van der Waals surface area contributed by atoms with E-state index in [4.69, 9.17) is 15.0 Å². The average Bonchev–Trinajstić information content (AvgIpc) is 3.57. The third kappa shape index (κ3) is 10.3. The third-order valence-corrected chi connectivity index (χ3v) is 13.6. The van der Waals surface area contributed by atoms with Crippen LogP contribution >= 0.6 is 0 Å². The zero-order chi connectivity index (χ0) is 52.5. The maximum Gasteiger partial charge on any atom is 0.236 e. The Morgan fingerprint density at radius 3 is 0.846 bits per heavy atom. The smallest absolute Gasteiger partial charge is 0.236 e. The Balaban J connectivity index is 1.14. The Kier molecular flexibility index (Phi) is 14.0. The lowest BCUT2D eigenvalue weighted by atomic mass is 10.1. The van der Waals surface area contributed by atoms with Crippen LogP contribution < -0.4 is 24.5 Å². The summed E-state index contributed by atoms with van der Waals surface area (Å²) in [6.45, 7) is 4.65. The van der Waals surface area contributed by atoms with E-state index in [1.807, 2.05) is 48.5 Å². The highest BCUT2D eigenvalue weighted by Crippen LogP contribution is 2.46. The summed E-state index contributed by atoms with van der Waals surface area (Å²) in [5.41, 5.74) is 15.3. The number of guanidine groups is 1. The van der Waals surface area contributed by atoms with Crippen LogP contribution in [0.1, 0.15) is 11.1 Å². The Morgan fingerprint density at radius 1 is 0.282 bits per heavy atom. The molecule has 11 aromatic rings. The summed E-state index contributed by atoms with van der Waals surface area (Å²) in [6.07, 6.45) is 0. The van der Waals surface area contributed by atoms with Crippen LogP contribution in [0.15, 0.2) is 318 Å². The summed E-state index contributed by atoms with van der Waals surface area (Å²) >= 11 is 0. The lowest BCUT2D eigenvalue weighted by Gasteiger charge is -2.32. The van der Waals surface area contributed by atoms with Crippen molar-refractivity contribution in [1.29, 1.82) is 0 Å². The quantitative estimate of drug-likeness (QED) is 0.118. The summed E-state index contributed by atoms with van der Waals surface area (Å²) in [7, 11) is 0. The fourth-order valence-electron chi connectivity index (χ4n) is 10.1. The van der Waals surface area contributed by atoms with Gasteiger partial charge < -0.3 is 19.6 Å². The second kappa shape index (κ2) is 22.5. The van der Waals surface area contributed by atoms with Crippen LogP contribution in [0.25, 0.3) is 0 Å². The van der Waals surface area contributed by atoms with Gasteiger partial charge >= 0.3 is 0 Å². The number of hydrogen-bond donors (Lipinski definition) is 0. The van der Waals surface area contributed by atoms with E-state index < -0.39 is 0 Å². The maximum absolute atomic E-state index is 5.39. The van der Waals surface area contributed by atoms with Crippen molar-refractivity contribution in [3.8, 4) is 0 Å². The Labute approximate surface area is 456 Å². The summed E-state index contributed by atoms with van der Waals surface area (Å²) < 4.78 is 0. The van der Waals surface area contributed by atoms with Crippen molar-refractivity contribution in [2.45, 2.75) is 6.54 Å². The fourth-order valence-corrected chi connectivity index (χ4v) is 10.1. The molecule has 0 fully saturated rings. The van der Waals surface area contributed by atoms with Gasteiger partial charge in [0.25, 0.3) is 0 Å². The van der Waals surface area contributed by atoms with Crippen LogP contribution in [-0.2, 0) is 6.54 Å². The number of benzene rings is 11. The topological polar surface area (TPSA) is 53.3 Å². The molecule has 0 saturated heterocycles. The van der Waals surface area contributed by atoms with Gasteiger partial charge in [0.2, 0.25) is 5.96 Å². The van der Waals surface area contributed by atoms with Crippen molar-refractivity contribution in [2.24, 2.45) is 15.0 Å². The summed E-state index contributed by atoms with van der Waals surface area (Å²) in [5, 5.41) is 0. The first-order chi connectivity index (χ1) is 38.6. The second-order valence-electron chi connectivity index (χ2n) is 18.7. The standard InChI is InChI=1S/C70H54N8/c1-71-70(73-69(54-27-10-3-11-28-54)72-52-53-25-8-2-9-26-53)78-67-45-23-43-65(50-67)76(57-33-16-6-17-34-57)63-41-21-39-61(48-63)74(55-29-12-4-13-30-55)59-37-20-38-60(47-59)75(56-31-14-5-15-32-56)62-40-22-42-64(49-62)77(58-35-18-7-19-36-58)66-44-24-46-68(78)51-66/h2-51H,1,52H2. The van der Waals surface area contributed by atoms with Gasteiger partial charge in [-0.15, -0.1) is 0 Å². The molecule has 8 nitrogen and oxygen atoms in total. The monoisotopic (exact) mass is 1010 g/mol. The first-order valence-electron chi connectivity index (χ1n) is 26.1. The molecule has 1 aliphatic rings. The highest BCUT2D eigenvalue weighted by atomic mass is 15.3. The van der Waals surface area contributed by atoms with E-state index >= 15 is 0 Å². The number of fused-ring (bicyclic) bond motifs is 10. The van der Waals surface area contributed by atoms with Gasteiger partial charge in [-0.25, -0.2) is 4.99 Å². The molecule has 11 aromatic carbocycles. The van der Waals surface area contributed by atoms with Gasteiger partial charge in [-0.3, -0.25) is 9.89 Å². The van der Waals surface area contributed by atoms with E-state index in [-0.39, 0.29) is 0 Å². The summed E-state index contributed by atoms with van der Waals surface area (Å²) in [5.74, 6) is 0.878. The Hall–Kier alpha value is -10.6. The molecule has 10 bridgehead atoms. The summed E-state index contributed by atoms with van der Waals surface area (Å²) in [6, 6.07) is 106. The van der Waals surface area contributed by atoms with E-state index in [0.717, 1.165) is 90.8 Å². The van der Waals surface area contributed by atoms with E-state index in [9.17, 15) is 0 Å². The number of aliphatic imine (C=N–C) groups is 3. The first kappa shape index (κ1) is 48.4. The number of nitrogens with zero attached hydrogens (tertiary/aromatic N) is 8. The Morgan fingerprint density at radius 2 is 0.538 bits per heavy atom. The van der Waals surface area contributed by atoms with Crippen molar-refractivity contribution in [2.75, 3.05) is 24.5 Å². The van der Waals surface area contributed by atoms with E-state index in [1.54, 1.807) is 0 Å². The van der Waals surface area contributed by atoms with Gasteiger partial charge in [0, 0.05) is 73.8 Å². The predicted molar refractivity (Wildman–Crippen MR) is 327 cm³/mol. The van der Waals surface area contributed by atoms with Crippen LogP contribution in [0.2, 0.25) is 0 Å². The third-order valence-electron chi connectivity index (χ3n) is 13.6. The molecule has 1 heterocycles. The average molecular weight is 1010 g/mol. The molecule has 0 N–H and O–H groups in total. The minimum atomic E-state index is 0.349. The van der Waals surface area contributed by atoms with Gasteiger partial charge in [-0.1, -0.05) is 164 Å². The molecule has 0 aliphatic carbocycles. The molecule has 78 heavy (non-hydrogen) atoms. The number of hydrogen-bond acceptors (Lipinski definition) is 5. The zero-order valence-electron chi connectivity index (χ0n) is 42.9. The molecule has 0 radical (unpaired) electrons. The highest BCUT2D eigenvalue weighted by Gasteiger charge is 2.25. The molecular weight excluding hydrogens is 953 g/mol. The first-order valence-corrected chi connectivity index (χ1v) is 26.1. The largest absolute Gasteiger partial charge is 0.310 e. The highest BCUT2D eigenvalue weighted by molar-refractivity contribution is 6.14. The van der Waals surface area contributed by atoms with Gasteiger partial charge in [-0.05, 0) is 152 Å². The molecule has 0 aromatic heterocycles. The lowest BCUT2D eigenvalue weighted by molar-refractivity contribution is 1.06. The maximum atomic E-state index is 5.39. The van der Waals surface area contributed by atoms with Gasteiger partial charge in [0.1, 0.15) is 0 Å². The predicted octanol–water partition coefficient (Wildman–Crippen LogP) is 18.7.